The molecule has 2 heterocycles. The average Bonchev–Trinajstić information content (AvgIpc) is 2.89. The van der Waals surface area contributed by atoms with E-state index in [-0.39, 0.29) is 22.2 Å². The molecule has 0 fully saturated rings. The van der Waals surface area contributed by atoms with Gasteiger partial charge in [0.1, 0.15) is 10.7 Å². The van der Waals surface area contributed by atoms with Crippen LogP contribution < -0.4 is 5.32 Å². The number of aromatic nitrogens is 3. The number of carbonyl (C=O) groups excluding carboxylic acids is 1. The van der Waals surface area contributed by atoms with E-state index in [2.05, 4.69) is 20.3 Å². The molecule has 0 saturated carbocycles. The third kappa shape index (κ3) is 7.07. The van der Waals surface area contributed by atoms with Gasteiger partial charge in [0.2, 0.25) is 5.91 Å². The Balaban J connectivity index is 1.56. The number of non-ortho nitro benzene ring substituents is 1. The fourth-order valence-corrected chi connectivity index (χ4v) is 4.83. The van der Waals surface area contributed by atoms with Gasteiger partial charge in [-0.15, -0.1) is 0 Å². The van der Waals surface area contributed by atoms with Crippen LogP contribution in [0.25, 0.3) is 11.3 Å². The molecule has 4 aromatic rings. The first-order valence-electron chi connectivity index (χ1n) is 11.0. The first-order valence-corrected chi connectivity index (χ1v) is 12.7. The highest BCUT2D eigenvalue weighted by Gasteiger charge is 2.34. The number of pyridine rings is 1. The van der Waals surface area contributed by atoms with Gasteiger partial charge in [0, 0.05) is 34.5 Å². The smallest absolute Gasteiger partial charge is 0.325 e. The first kappa shape index (κ1) is 27.1. The molecular weight excluding hydrogens is 539 g/mol. The maximum absolute atomic E-state index is 13.5. The van der Waals surface area contributed by atoms with Crippen molar-refractivity contribution in [3.05, 3.63) is 94.8 Å². The van der Waals surface area contributed by atoms with E-state index in [1.54, 1.807) is 60.8 Å². The molecule has 0 saturated heterocycles. The predicted molar refractivity (Wildman–Crippen MR) is 138 cm³/mol. The van der Waals surface area contributed by atoms with Crippen molar-refractivity contribution in [2.24, 2.45) is 0 Å². The van der Waals surface area contributed by atoms with E-state index < -0.39 is 28.0 Å². The number of nitrogens with one attached hydrogen (secondary N) is 1. The Bertz CT molecular complexity index is 1460. The Labute approximate surface area is 223 Å². The molecular formula is C25H18F3N5O3S2. The quantitative estimate of drug-likeness (QED) is 0.110. The van der Waals surface area contributed by atoms with E-state index in [0.717, 1.165) is 17.8 Å². The molecule has 2 aromatic carbocycles. The molecule has 1 amide bonds. The van der Waals surface area contributed by atoms with Crippen LogP contribution in [0.5, 0.6) is 0 Å². The number of benzene rings is 2. The number of alkyl halides is 3. The van der Waals surface area contributed by atoms with Gasteiger partial charge in [0.25, 0.3) is 5.69 Å². The predicted octanol–water partition coefficient (Wildman–Crippen LogP) is 6.74. The number of amides is 1. The van der Waals surface area contributed by atoms with Crippen LogP contribution in [0.1, 0.15) is 12.6 Å². The minimum absolute atomic E-state index is 0.0675. The van der Waals surface area contributed by atoms with Crippen LogP contribution in [0, 0.1) is 10.1 Å². The van der Waals surface area contributed by atoms with Crippen molar-refractivity contribution in [2.45, 2.75) is 33.4 Å². The van der Waals surface area contributed by atoms with Gasteiger partial charge in [-0.2, -0.15) is 13.2 Å². The minimum atomic E-state index is -4.71. The Kier molecular flexibility index (Phi) is 8.27. The van der Waals surface area contributed by atoms with Crippen molar-refractivity contribution >= 4 is 40.8 Å². The fourth-order valence-electron chi connectivity index (χ4n) is 3.18. The van der Waals surface area contributed by atoms with E-state index >= 15 is 0 Å². The number of hydrogen-bond donors (Lipinski definition) is 1. The standard InChI is InChI=1S/C25H18F3N5O3S2/c1-15(37-24-31-20(16-7-3-2-4-8-16)14-21(32-24)25(26,27)28)23(34)30-17-11-18(33(35)36)13-19(12-17)38-22-9-5-6-10-29-22/h2-15H,1H3,(H,30,34). The van der Waals surface area contributed by atoms with Crippen LogP contribution in [0.4, 0.5) is 24.5 Å². The summed E-state index contributed by atoms with van der Waals surface area (Å²) in [6.45, 7) is 1.48. The van der Waals surface area contributed by atoms with Crippen LogP contribution in [0.2, 0.25) is 0 Å². The Hall–Kier alpha value is -3.97. The summed E-state index contributed by atoms with van der Waals surface area (Å²) in [5.41, 5.74) is -0.677. The number of nitro groups is 1. The number of anilines is 1. The van der Waals surface area contributed by atoms with Crippen molar-refractivity contribution in [3.8, 4) is 11.3 Å². The van der Waals surface area contributed by atoms with Crippen LogP contribution in [0.3, 0.4) is 0 Å². The van der Waals surface area contributed by atoms with E-state index in [4.69, 9.17) is 0 Å². The molecule has 38 heavy (non-hydrogen) atoms. The lowest BCUT2D eigenvalue weighted by atomic mass is 10.1. The molecule has 13 heteroatoms. The van der Waals surface area contributed by atoms with Crippen molar-refractivity contribution in [1.82, 2.24) is 15.0 Å². The third-order valence-electron chi connectivity index (χ3n) is 4.95. The summed E-state index contributed by atoms with van der Waals surface area (Å²) >= 11 is 1.92. The Morgan fingerprint density at radius 3 is 2.42 bits per heavy atom. The van der Waals surface area contributed by atoms with Crippen molar-refractivity contribution in [2.75, 3.05) is 5.32 Å². The molecule has 0 bridgehead atoms. The summed E-state index contributed by atoms with van der Waals surface area (Å²) in [5.74, 6) is -0.591. The molecule has 0 aliphatic heterocycles. The zero-order valence-electron chi connectivity index (χ0n) is 19.5. The molecule has 0 spiro atoms. The number of nitro benzene ring substituents is 1. The van der Waals surface area contributed by atoms with E-state index in [1.165, 1.54) is 30.8 Å². The lowest BCUT2D eigenvalue weighted by molar-refractivity contribution is -0.385. The zero-order chi connectivity index (χ0) is 27.3. The second-order valence-corrected chi connectivity index (χ2v) is 10.2. The number of halogens is 3. The van der Waals surface area contributed by atoms with Gasteiger partial charge in [-0.1, -0.05) is 59.9 Å². The molecule has 8 nitrogen and oxygen atoms in total. The van der Waals surface area contributed by atoms with Crippen LogP contribution >= 0.6 is 23.5 Å². The lowest BCUT2D eigenvalue weighted by Crippen LogP contribution is -2.23. The van der Waals surface area contributed by atoms with E-state index in [1.807, 2.05) is 0 Å². The van der Waals surface area contributed by atoms with Crippen molar-refractivity contribution in [3.63, 3.8) is 0 Å². The number of hydrogen-bond acceptors (Lipinski definition) is 8. The highest BCUT2D eigenvalue weighted by molar-refractivity contribution is 8.00. The van der Waals surface area contributed by atoms with E-state index in [0.29, 0.717) is 15.5 Å². The molecule has 2 aromatic heterocycles. The molecule has 4 rings (SSSR count). The van der Waals surface area contributed by atoms with Gasteiger partial charge < -0.3 is 5.32 Å². The molecule has 1 atom stereocenters. The van der Waals surface area contributed by atoms with Crippen LogP contribution in [0.15, 0.2) is 94.1 Å². The molecule has 0 radical (unpaired) electrons. The third-order valence-corrected chi connectivity index (χ3v) is 6.83. The maximum atomic E-state index is 13.5. The monoisotopic (exact) mass is 557 g/mol. The van der Waals surface area contributed by atoms with Crippen molar-refractivity contribution in [1.29, 1.82) is 0 Å². The van der Waals surface area contributed by atoms with Crippen LogP contribution in [-0.2, 0) is 11.0 Å². The minimum Gasteiger partial charge on any atom is -0.325 e. The molecule has 1 N–H and O–H groups in total. The molecule has 0 aliphatic rings. The topological polar surface area (TPSA) is 111 Å². The van der Waals surface area contributed by atoms with Gasteiger partial charge in [-0.05, 0) is 31.2 Å². The molecule has 1 unspecified atom stereocenters. The van der Waals surface area contributed by atoms with Gasteiger partial charge in [0.15, 0.2) is 5.16 Å². The van der Waals surface area contributed by atoms with Crippen molar-refractivity contribution < 1.29 is 22.9 Å². The average molecular weight is 558 g/mol. The largest absolute Gasteiger partial charge is 0.433 e. The highest BCUT2D eigenvalue weighted by atomic mass is 32.2. The fraction of sp³-hybridized carbons (Fsp3) is 0.120. The van der Waals surface area contributed by atoms with Crippen LogP contribution in [-0.4, -0.2) is 31.0 Å². The summed E-state index contributed by atoms with van der Waals surface area (Å²) in [4.78, 5) is 36.2. The normalized spacial score (nSPS) is 12.1. The number of thioether (sulfide) groups is 1. The molecule has 0 aliphatic carbocycles. The summed E-state index contributed by atoms with van der Waals surface area (Å²) < 4.78 is 40.5. The van der Waals surface area contributed by atoms with Gasteiger partial charge >= 0.3 is 6.18 Å². The lowest BCUT2D eigenvalue weighted by Gasteiger charge is -2.14. The second-order valence-electron chi connectivity index (χ2n) is 7.78. The Morgan fingerprint density at radius 1 is 1.03 bits per heavy atom. The number of carbonyl (C=O) groups is 1. The summed E-state index contributed by atoms with van der Waals surface area (Å²) in [5, 5.41) is 13.5. The highest BCUT2D eigenvalue weighted by Crippen LogP contribution is 2.34. The number of nitrogens with zero attached hydrogens (tertiary/aromatic N) is 4. The maximum Gasteiger partial charge on any atom is 0.433 e. The van der Waals surface area contributed by atoms with Gasteiger partial charge in [-0.3, -0.25) is 14.9 Å². The second kappa shape index (κ2) is 11.6. The zero-order valence-corrected chi connectivity index (χ0v) is 21.2. The SMILES string of the molecule is CC(Sc1nc(-c2ccccc2)cc(C(F)(F)F)n1)C(=O)Nc1cc(Sc2ccccn2)cc([N+](=O)[O-])c1. The van der Waals surface area contributed by atoms with Gasteiger partial charge in [0.05, 0.1) is 15.9 Å². The first-order chi connectivity index (χ1) is 18.1. The number of rotatable bonds is 8. The van der Waals surface area contributed by atoms with E-state index in [9.17, 15) is 28.1 Å². The summed E-state index contributed by atoms with van der Waals surface area (Å²) in [6, 6.07) is 18.5. The Morgan fingerprint density at radius 2 is 1.76 bits per heavy atom. The summed E-state index contributed by atoms with van der Waals surface area (Å²) in [6.07, 6.45) is -3.13. The molecule has 194 valence electrons. The summed E-state index contributed by atoms with van der Waals surface area (Å²) in [7, 11) is 0. The van der Waals surface area contributed by atoms with Gasteiger partial charge in [-0.25, -0.2) is 15.0 Å².